The molecule has 2 aliphatic heterocycles. The molecule has 0 unspecified atom stereocenters. The molecule has 25 heavy (non-hydrogen) atoms. The van der Waals surface area contributed by atoms with E-state index >= 15 is 0 Å². The average Bonchev–Trinajstić information content (AvgIpc) is 2.80. The molecule has 1 aromatic rings. The number of hydrogen-bond acceptors (Lipinski definition) is 3. The number of carbonyl (C=O) groups is 2. The van der Waals surface area contributed by atoms with Crippen LogP contribution in [0.15, 0.2) is 24.3 Å². The van der Waals surface area contributed by atoms with Crippen LogP contribution < -0.4 is 5.73 Å². The molecule has 0 spiro atoms. The molecule has 0 aromatic heterocycles. The molecule has 136 valence electrons. The summed E-state index contributed by atoms with van der Waals surface area (Å²) in [6, 6.07) is 6.26. The maximum atomic E-state index is 13.1. The lowest BCUT2D eigenvalue weighted by molar-refractivity contribution is -0.141. The summed E-state index contributed by atoms with van der Waals surface area (Å²) in [5.41, 5.74) is 7.31. The first-order valence-corrected chi connectivity index (χ1v) is 9.11. The summed E-state index contributed by atoms with van der Waals surface area (Å²) < 4.78 is 13.1. The third-order valence-corrected chi connectivity index (χ3v) is 5.31. The van der Waals surface area contributed by atoms with Crippen LogP contribution in [0.2, 0.25) is 0 Å². The Kier molecular flexibility index (Phi) is 5.68. The van der Waals surface area contributed by atoms with Gasteiger partial charge in [0.05, 0.1) is 6.54 Å². The van der Waals surface area contributed by atoms with E-state index < -0.39 is 0 Å². The summed E-state index contributed by atoms with van der Waals surface area (Å²) >= 11 is 0. The average molecular weight is 347 g/mol. The Morgan fingerprint density at radius 3 is 2.64 bits per heavy atom. The SMILES string of the molecule is N[C@@H]1CN(C(=O)CN2CCCCCC2=O)CC[C@@H]1c1ccc(F)cc1. The van der Waals surface area contributed by atoms with E-state index in [1.807, 2.05) is 0 Å². The molecule has 2 fully saturated rings. The van der Waals surface area contributed by atoms with Crippen molar-refractivity contribution in [3.05, 3.63) is 35.6 Å². The van der Waals surface area contributed by atoms with Crippen molar-refractivity contribution in [1.82, 2.24) is 9.80 Å². The van der Waals surface area contributed by atoms with Gasteiger partial charge in [-0.15, -0.1) is 0 Å². The van der Waals surface area contributed by atoms with Gasteiger partial charge in [0.15, 0.2) is 0 Å². The van der Waals surface area contributed by atoms with Gasteiger partial charge in [-0.1, -0.05) is 18.6 Å². The van der Waals surface area contributed by atoms with Crippen molar-refractivity contribution in [2.45, 2.75) is 44.1 Å². The molecule has 1 aromatic carbocycles. The molecule has 2 atom stereocenters. The van der Waals surface area contributed by atoms with E-state index in [9.17, 15) is 14.0 Å². The zero-order valence-corrected chi connectivity index (χ0v) is 14.5. The smallest absolute Gasteiger partial charge is 0.242 e. The summed E-state index contributed by atoms with van der Waals surface area (Å²) in [6.45, 7) is 1.93. The van der Waals surface area contributed by atoms with Crippen LogP contribution in [0, 0.1) is 5.82 Å². The Bertz CT molecular complexity index is 620. The lowest BCUT2D eigenvalue weighted by Gasteiger charge is -2.38. The van der Waals surface area contributed by atoms with E-state index in [-0.39, 0.29) is 36.1 Å². The first kappa shape index (κ1) is 17.9. The Morgan fingerprint density at radius 2 is 1.92 bits per heavy atom. The minimum absolute atomic E-state index is 0.0248. The standard InChI is InChI=1S/C19H26FN3O2/c20-15-7-5-14(6-8-15)16-9-11-23(12-17(16)21)19(25)13-22-10-3-1-2-4-18(22)24/h5-8,16-17H,1-4,9-13,21H2/t16-,17-/m1/s1. The number of amides is 2. The van der Waals surface area contributed by atoms with E-state index in [0.29, 0.717) is 26.1 Å². The van der Waals surface area contributed by atoms with Gasteiger partial charge in [-0.05, 0) is 37.0 Å². The van der Waals surface area contributed by atoms with Crippen LogP contribution in [0.5, 0.6) is 0 Å². The molecule has 5 nitrogen and oxygen atoms in total. The summed E-state index contributed by atoms with van der Waals surface area (Å²) in [4.78, 5) is 28.1. The van der Waals surface area contributed by atoms with E-state index in [1.54, 1.807) is 21.9 Å². The molecule has 2 saturated heterocycles. The monoisotopic (exact) mass is 347 g/mol. The highest BCUT2D eigenvalue weighted by atomic mass is 19.1. The number of halogens is 1. The zero-order valence-electron chi connectivity index (χ0n) is 14.5. The van der Waals surface area contributed by atoms with Crippen LogP contribution in [-0.4, -0.2) is 53.8 Å². The van der Waals surface area contributed by atoms with Crippen LogP contribution in [0.3, 0.4) is 0 Å². The Morgan fingerprint density at radius 1 is 1.16 bits per heavy atom. The highest BCUT2D eigenvalue weighted by molar-refractivity contribution is 5.85. The second-order valence-corrected chi connectivity index (χ2v) is 7.08. The number of likely N-dealkylation sites (tertiary alicyclic amines) is 2. The van der Waals surface area contributed by atoms with Crippen molar-refractivity contribution in [3.63, 3.8) is 0 Å². The first-order chi connectivity index (χ1) is 12.0. The van der Waals surface area contributed by atoms with Gasteiger partial charge in [-0.25, -0.2) is 4.39 Å². The third kappa shape index (κ3) is 4.37. The van der Waals surface area contributed by atoms with Gasteiger partial charge < -0.3 is 15.5 Å². The normalized spacial score (nSPS) is 25.0. The fraction of sp³-hybridized carbons (Fsp3) is 0.579. The molecule has 2 aliphatic rings. The van der Waals surface area contributed by atoms with Gasteiger partial charge in [-0.3, -0.25) is 9.59 Å². The summed E-state index contributed by atoms with van der Waals surface area (Å²) in [7, 11) is 0. The van der Waals surface area contributed by atoms with Crippen molar-refractivity contribution in [3.8, 4) is 0 Å². The predicted molar refractivity (Wildman–Crippen MR) is 93.4 cm³/mol. The second kappa shape index (κ2) is 7.95. The van der Waals surface area contributed by atoms with Gasteiger partial charge in [0.1, 0.15) is 5.82 Å². The van der Waals surface area contributed by atoms with Gasteiger partial charge in [0.25, 0.3) is 0 Å². The molecule has 0 bridgehead atoms. The Hall–Kier alpha value is -1.95. The van der Waals surface area contributed by atoms with Crippen LogP contribution in [0.1, 0.15) is 43.6 Å². The number of hydrogen-bond donors (Lipinski definition) is 1. The Balaban J connectivity index is 1.57. The molecule has 2 heterocycles. The summed E-state index contributed by atoms with van der Waals surface area (Å²) in [6.07, 6.45) is 4.22. The van der Waals surface area contributed by atoms with E-state index in [4.69, 9.17) is 5.73 Å². The molecular formula is C19H26FN3O2. The van der Waals surface area contributed by atoms with Crippen LogP contribution >= 0.6 is 0 Å². The lowest BCUT2D eigenvalue weighted by Crippen LogP contribution is -2.52. The Labute approximate surface area is 148 Å². The minimum Gasteiger partial charge on any atom is -0.340 e. The molecule has 2 amide bonds. The highest BCUT2D eigenvalue weighted by Crippen LogP contribution is 2.27. The molecule has 3 rings (SSSR count). The summed E-state index contributed by atoms with van der Waals surface area (Å²) in [5, 5.41) is 0. The van der Waals surface area contributed by atoms with Crippen molar-refractivity contribution >= 4 is 11.8 Å². The number of piperidine rings is 1. The van der Waals surface area contributed by atoms with Crippen molar-refractivity contribution in [2.75, 3.05) is 26.2 Å². The van der Waals surface area contributed by atoms with Crippen molar-refractivity contribution in [1.29, 1.82) is 0 Å². The van der Waals surface area contributed by atoms with Gasteiger partial charge in [0, 0.05) is 38.0 Å². The predicted octanol–water partition coefficient (Wildman–Crippen LogP) is 1.87. The molecular weight excluding hydrogens is 321 g/mol. The third-order valence-electron chi connectivity index (χ3n) is 5.31. The zero-order chi connectivity index (χ0) is 17.8. The second-order valence-electron chi connectivity index (χ2n) is 7.08. The quantitative estimate of drug-likeness (QED) is 0.908. The maximum absolute atomic E-state index is 13.1. The number of nitrogens with zero attached hydrogens (tertiary/aromatic N) is 2. The largest absolute Gasteiger partial charge is 0.340 e. The number of carbonyl (C=O) groups excluding carboxylic acids is 2. The molecule has 0 radical (unpaired) electrons. The number of nitrogens with two attached hydrogens (primary N) is 1. The van der Waals surface area contributed by atoms with Gasteiger partial charge >= 0.3 is 0 Å². The van der Waals surface area contributed by atoms with Crippen LogP contribution in [0.25, 0.3) is 0 Å². The van der Waals surface area contributed by atoms with Crippen molar-refractivity contribution in [2.24, 2.45) is 5.73 Å². The minimum atomic E-state index is -0.257. The first-order valence-electron chi connectivity index (χ1n) is 9.11. The van der Waals surface area contributed by atoms with Gasteiger partial charge in [-0.2, -0.15) is 0 Å². The summed E-state index contributed by atoms with van der Waals surface area (Å²) in [5.74, 6) is -0.0730. The lowest BCUT2D eigenvalue weighted by atomic mass is 9.86. The number of benzene rings is 1. The van der Waals surface area contributed by atoms with E-state index in [2.05, 4.69) is 0 Å². The molecule has 0 aliphatic carbocycles. The molecule has 2 N–H and O–H groups in total. The topological polar surface area (TPSA) is 66.6 Å². The maximum Gasteiger partial charge on any atom is 0.242 e. The molecule has 6 heteroatoms. The highest BCUT2D eigenvalue weighted by Gasteiger charge is 2.31. The molecule has 0 saturated carbocycles. The van der Waals surface area contributed by atoms with Crippen molar-refractivity contribution < 1.29 is 14.0 Å². The number of rotatable bonds is 3. The van der Waals surface area contributed by atoms with Crippen LogP contribution in [0.4, 0.5) is 4.39 Å². The van der Waals surface area contributed by atoms with E-state index in [0.717, 1.165) is 31.2 Å². The fourth-order valence-electron chi connectivity index (χ4n) is 3.80. The fourth-order valence-corrected chi connectivity index (χ4v) is 3.80. The van der Waals surface area contributed by atoms with Crippen LogP contribution in [-0.2, 0) is 9.59 Å². The van der Waals surface area contributed by atoms with Gasteiger partial charge in [0.2, 0.25) is 11.8 Å². The van der Waals surface area contributed by atoms with E-state index in [1.165, 1.54) is 12.1 Å².